The topological polar surface area (TPSA) is 61.0 Å². The fraction of sp³-hybridized carbons (Fsp3) is 0.667. The molecule has 5 heteroatoms. The van der Waals surface area contributed by atoms with Crippen molar-refractivity contribution in [3.8, 4) is 0 Å². The van der Waals surface area contributed by atoms with Crippen molar-refractivity contribution in [3.05, 3.63) is 17.0 Å². The summed E-state index contributed by atoms with van der Waals surface area (Å²) >= 11 is 0. The van der Waals surface area contributed by atoms with Gasteiger partial charge in [-0.05, 0) is 18.8 Å². The summed E-state index contributed by atoms with van der Waals surface area (Å²) in [6, 6.07) is 0. The van der Waals surface area contributed by atoms with E-state index in [0.29, 0.717) is 5.69 Å². The number of fused-ring (bicyclic) bond motifs is 1. The molecule has 17 heavy (non-hydrogen) atoms. The highest BCUT2D eigenvalue weighted by Gasteiger charge is 2.28. The lowest BCUT2D eigenvalue weighted by atomic mass is 10.1. The van der Waals surface area contributed by atoms with Gasteiger partial charge in [0.1, 0.15) is 0 Å². The largest absolute Gasteiger partial charge is 0.340 e. The molecule has 0 aromatic carbocycles. The SMILES string of the molecule is CN(CC1CC1)C(=O)c1n[nH]c2c1CNCC2. The van der Waals surface area contributed by atoms with Crippen LogP contribution in [0.5, 0.6) is 0 Å². The van der Waals surface area contributed by atoms with Gasteiger partial charge in [0.05, 0.1) is 0 Å². The third-order valence-corrected chi connectivity index (χ3v) is 3.58. The number of rotatable bonds is 3. The molecule has 0 saturated heterocycles. The summed E-state index contributed by atoms with van der Waals surface area (Å²) in [7, 11) is 1.87. The normalized spacial score (nSPS) is 18.9. The first-order valence-corrected chi connectivity index (χ1v) is 6.28. The number of hydrogen-bond donors (Lipinski definition) is 2. The van der Waals surface area contributed by atoms with E-state index in [0.717, 1.165) is 43.2 Å². The predicted octanol–water partition coefficient (Wildman–Crippen LogP) is 0.537. The molecule has 2 aliphatic rings. The molecule has 1 aromatic heterocycles. The molecule has 0 spiro atoms. The Bertz CT molecular complexity index is 436. The second-order valence-corrected chi connectivity index (χ2v) is 5.09. The van der Waals surface area contributed by atoms with Crippen LogP contribution in [-0.4, -0.2) is 41.1 Å². The van der Waals surface area contributed by atoms with E-state index in [9.17, 15) is 4.79 Å². The number of carbonyl (C=O) groups is 1. The Kier molecular flexibility index (Phi) is 2.63. The van der Waals surface area contributed by atoms with Crippen LogP contribution < -0.4 is 5.32 Å². The first-order chi connectivity index (χ1) is 8.25. The lowest BCUT2D eigenvalue weighted by molar-refractivity contribution is 0.0781. The van der Waals surface area contributed by atoms with Crippen molar-refractivity contribution in [2.24, 2.45) is 5.92 Å². The highest BCUT2D eigenvalue weighted by atomic mass is 16.2. The average Bonchev–Trinajstić information content (AvgIpc) is 3.05. The van der Waals surface area contributed by atoms with Gasteiger partial charge in [-0.3, -0.25) is 9.89 Å². The van der Waals surface area contributed by atoms with Gasteiger partial charge in [0.25, 0.3) is 5.91 Å². The highest BCUT2D eigenvalue weighted by molar-refractivity contribution is 5.93. The number of hydrogen-bond acceptors (Lipinski definition) is 3. The third-order valence-electron chi connectivity index (χ3n) is 3.58. The van der Waals surface area contributed by atoms with Crippen molar-refractivity contribution >= 4 is 5.91 Å². The number of nitrogens with zero attached hydrogens (tertiary/aromatic N) is 2. The van der Waals surface area contributed by atoms with E-state index < -0.39 is 0 Å². The van der Waals surface area contributed by atoms with Gasteiger partial charge in [-0.15, -0.1) is 0 Å². The molecule has 0 radical (unpaired) electrons. The Balaban J connectivity index is 1.77. The van der Waals surface area contributed by atoms with Gasteiger partial charge in [0.15, 0.2) is 5.69 Å². The van der Waals surface area contributed by atoms with E-state index in [1.165, 1.54) is 12.8 Å². The molecule has 1 saturated carbocycles. The van der Waals surface area contributed by atoms with Crippen LogP contribution in [0.4, 0.5) is 0 Å². The van der Waals surface area contributed by atoms with Crippen molar-refractivity contribution in [1.29, 1.82) is 0 Å². The van der Waals surface area contributed by atoms with Gasteiger partial charge in [-0.1, -0.05) is 0 Å². The standard InChI is InChI=1S/C12H18N4O/c1-16(7-8-2-3-8)12(17)11-9-6-13-5-4-10(9)14-15-11/h8,13H,2-7H2,1H3,(H,14,15). The van der Waals surface area contributed by atoms with Gasteiger partial charge >= 0.3 is 0 Å². The molecule has 0 unspecified atom stereocenters. The Morgan fingerprint density at radius 2 is 2.35 bits per heavy atom. The van der Waals surface area contributed by atoms with Crippen LogP contribution in [0.3, 0.4) is 0 Å². The van der Waals surface area contributed by atoms with Crippen LogP contribution >= 0.6 is 0 Å². The van der Waals surface area contributed by atoms with E-state index in [1.807, 2.05) is 11.9 Å². The molecule has 2 N–H and O–H groups in total. The Labute approximate surface area is 101 Å². The number of carbonyl (C=O) groups excluding carboxylic acids is 1. The van der Waals surface area contributed by atoms with Gasteiger partial charge in [-0.25, -0.2) is 0 Å². The van der Waals surface area contributed by atoms with Crippen LogP contribution in [0.1, 0.15) is 34.6 Å². The Hall–Kier alpha value is -1.36. The van der Waals surface area contributed by atoms with Crippen LogP contribution in [0.2, 0.25) is 0 Å². The lowest BCUT2D eigenvalue weighted by Crippen LogP contribution is -2.31. The summed E-state index contributed by atoms with van der Waals surface area (Å²) in [4.78, 5) is 14.1. The molecule has 1 aromatic rings. The third kappa shape index (κ3) is 2.07. The molecule has 92 valence electrons. The van der Waals surface area contributed by atoms with Crippen LogP contribution in [0.25, 0.3) is 0 Å². The quantitative estimate of drug-likeness (QED) is 0.802. The smallest absolute Gasteiger partial charge is 0.274 e. The van der Waals surface area contributed by atoms with E-state index in [1.54, 1.807) is 0 Å². The molecule has 2 heterocycles. The van der Waals surface area contributed by atoms with E-state index in [4.69, 9.17) is 0 Å². The van der Waals surface area contributed by atoms with Gasteiger partial charge < -0.3 is 10.2 Å². The Morgan fingerprint density at radius 3 is 3.12 bits per heavy atom. The summed E-state index contributed by atoms with van der Waals surface area (Å²) in [5.41, 5.74) is 2.78. The molecule has 3 rings (SSSR count). The lowest BCUT2D eigenvalue weighted by Gasteiger charge is -2.17. The minimum Gasteiger partial charge on any atom is -0.340 e. The zero-order chi connectivity index (χ0) is 11.8. The molecule has 1 fully saturated rings. The monoisotopic (exact) mass is 234 g/mol. The van der Waals surface area contributed by atoms with Crippen molar-refractivity contribution in [2.45, 2.75) is 25.8 Å². The number of H-pyrrole nitrogens is 1. The number of amides is 1. The second-order valence-electron chi connectivity index (χ2n) is 5.09. The molecule has 5 nitrogen and oxygen atoms in total. The fourth-order valence-corrected chi connectivity index (χ4v) is 2.35. The summed E-state index contributed by atoms with van der Waals surface area (Å²) in [6.07, 6.45) is 3.46. The van der Waals surface area contributed by atoms with Gasteiger partial charge in [-0.2, -0.15) is 5.10 Å². The zero-order valence-corrected chi connectivity index (χ0v) is 10.1. The van der Waals surface area contributed by atoms with E-state index in [2.05, 4.69) is 15.5 Å². The van der Waals surface area contributed by atoms with Gasteiger partial charge in [0.2, 0.25) is 0 Å². The molecule has 1 aliphatic carbocycles. The maximum Gasteiger partial charge on any atom is 0.274 e. The minimum atomic E-state index is 0.0538. The van der Waals surface area contributed by atoms with Crippen LogP contribution in [0, 0.1) is 5.92 Å². The fourth-order valence-electron chi connectivity index (χ4n) is 2.35. The maximum atomic E-state index is 12.3. The zero-order valence-electron chi connectivity index (χ0n) is 10.1. The summed E-state index contributed by atoms with van der Waals surface area (Å²) in [6.45, 7) is 2.58. The average molecular weight is 234 g/mol. The maximum absolute atomic E-state index is 12.3. The Morgan fingerprint density at radius 1 is 1.53 bits per heavy atom. The molecular weight excluding hydrogens is 216 g/mol. The van der Waals surface area contributed by atoms with E-state index >= 15 is 0 Å². The molecule has 0 atom stereocenters. The second kappa shape index (κ2) is 4.14. The summed E-state index contributed by atoms with van der Waals surface area (Å²) in [5, 5.41) is 10.5. The minimum absolute atomic E-state index is 0.0538. The van der Waals surface area contributed by atoms with Crippen molar-refractivity contribution in [1.82, 2.24) is 20.4 Å². The predicted molar refractivity (Wildman–Crippen MR) is 63.7 cm³/mol. The summed E-state index contributed by atoms with van der Waals surface area (Å²) in [5.74, 6) is 0.773. The molecule has 1 amide bonds. The van der Waals surface area contributed by atoms with Gasteiger partial charge in [0, 0.05) is 44.4 Å². The highest BCUT2D eigenvalue weighted by Crippen LogP contribution is 2.29. The number of aromatic nitrogens is 2. The first kappa shape index (κ1) is 10.8. The number of aromatic amines is 1. The number of nitrogens with one attached hydrogen (secondary N) is 2. The molecule has 0 bridgehead atoms. The van der Waals surface area contributed by atoms with Crippen LogP contribution in [-0.2, 0) is 13.0 Å². The first-order valence-electron chi connectivity index (χ1n) is 6.28. The molecule has 1 aliphatic heterocycles. The summed E-state index contributed by atoms with van der Waals surface area (Å²) < 4.78 is 0. The van der Waals surface area contributed by atoms with Crippen molar-refractivity contribution in [2.75, 3.05) is 20.1 Å². The van der Waals surface area contributed by atoms with E-state index in [-0.39, 0.29) is 5.91 Å². The van der Waals surface area contributed by atoms with Crippen molar-refractivity contribution in [3.63, 3.8) is 0 Å². The molecular formula is C12H18N4O. The van der Waals surface area contributed by atoms with Crippen molar-refractivity contribution < 1.29 is 4.79 Å². The van der Waals surface area contributed by atoms with Crippen LogP contribution in [0.15, 0.2) is 0 Å².